The van der Waals surface area contributed by atoms with Crippen LogP contribution in [-0.2, 0) is 22.5 Å². The molecule has 0 aromatic carbocycles. The van der Waals surface area contributed by atoms with Gasteiger partial charge in [0, 0.05) is 26.1 Å². The third kappa shape index (κ3) is 3.51. The van der Waals surface area contributed by atoms with E-state index in [4.69, 9.17) is 9.26 Å². The van der Waals surface area contributed by atoms with Crippen molar-refractivity contribution in [3.8, 4) is 0 Å². The molecule has 1 atom stereocenters. The van der Waals surface area contributed by atoms with Gasteiger partial charge < -0.3 is 14.6 Å². The Hall–Kier alpha value is -1.47. The van der Waals surface area contributed by atoms with Crippen molar-refractivity contribution >= 4 is 5.97 Å². The predicted molar refractivity (Wildman–Crippen MR) is 67.4 cm³/mol. The number of nitrogens with zero attached hydrogens (tertiary/aromatic N) is 3. The van der Waals surface area contributed by atoms with Crippen molar-refractivity contribution < 1.29 is 14.1 Å². The molecule has 106 valence electrons. The molecule has 7 nitrogen and oxygen atoms in total. The first-order valence-corrected chi connectivity index (χ1v) is 6.67. The van der Waals surface area contributed by atoms with E-state index in [2.05, 4.69) is 15.5 Å². The second-order valence-electron chi connectivity index (χ2n) is 4.40. The number of hydrogen-bond acceptors (Lipinski definition) is 7. The van der Waals surface area contributed by atoms with Gasteiger partial charge in [0.2, 0.25) is 5.89 Å². The minimum absolute atomic E-state index is 0.204. The van der Waals surface area contributed by atoms with E-state index in [9.17, 15) is 4.79 Å². The molecule has 7 heteroatoms. The van der Waals surface area contributed by atoms with E-state index in [0.717, 1.165) is 19.5 Å². The van der Waals surface area contributed by atoms with Crippen LogP contribution in [0.3, 0.4) is 0 Å². The molecule has 1 saturated heterocycles. The first-order valence-electron chi connectivity index (χ1n) is 6.67. The van der Waals surface area contributed by atoms with Gasteiger partial charge in [-0.2, -0.15) is 4.98 Å². The van der Waals surface area contributed by atoms with Crippen molar-refractivity contribution in [3.63, 3.8) is 0 Å². The molecule has 0 amide bonds. The Morgan fingerprint density at radius 1 is 1.58 bits per heavy atom. The number of ether oxygens (including phenoxy) is 1. The van der Waals surface area contributed by atoms with Gasteiger partial charge in [-0.05, 0) is 6.92 Å². The number of piperazine rings is 1. The summed E-state index contributed by atoms with van der Waals surface area (Å²) in [7, 11) is 0. The second kappa shape index (κ2) is 6.63. The summed E-state index contributed by atoms with van der Waals surface area (Å²) >= 11 is 0. The number of hydrogen-bond donors (Lipinski definition) is 1. The van der Waals surface area contributed by atoms with Crippen LogP contribution in [0.5, 0.6) is 0 Å². The Balaban J connectivity index is 2.00. The molecule has 1 N–H and O–H groups in total. The average molecular weight is 268 g/mol. The molecule has 1 fully saturated rings. The van der Waals surface area contributed by atoms with Crippen molar-refractivity contribution in [1.82, 2.24) is 20.4 Å². The van der Waals surface area contributed by atoms with E-state index in [-0.39, 0.29) is 12.0 Å². The van der Waals surface area contributed by atoms with Gasteiger partial charge in [0.15, 0.2) is 5.82 Å². The summed E-state index contributed by atoms with van der Waals surface area (Å²) in [5.41, 5.74) is 0. The van der Waals surface area contributed by atoms with Crippen LogP contribution in [0, 0.1) is 0 Å². The van der Waals surface area contributed by atoms with Crippen LogP contribution in [-0.4, -0.2) is 53.3 Å². The van der Waals surface area contributed by atoms with E-state index in [1.807, 2.05) is 18.7 Å². The SMILES string of the molecule is CCOC(=O)C1CNCCN1Cc1nc(CC)no1. The van der Waals surface area contributed by atoms with Crippen LogP contribution in [0.4, 0.5) is 0 Å². The lowest BCUT2D eigenvalue weighted by molar-refractivity contribution is -0.150. The van der Waals surface area contributed by atoms with Gasteiger partial charge >= 0.3 is 5.97 Å². The van der Waals surface area contributed by atoms with Crippen molar-refractivity contribution in [1.29, 1.82) is 0 Å². The smallest absolute Gasteiger partial charge is 0.324 e. The van der Waals surface area contributed by atoms with Gasteiger partial charge in [-0.3, -0.25) is 9.69 Å². The van der Waals surface area contributed by atoms with Crippen LogP contribution < -0.4 is 5.32 Å². The minimum atomic E-state index is -0.286. The van der Waals surface area contributed by atoms with E-state index >= 15 is 0 Å². The molecule has 19 heavy (non-hydrogen) atoms. The Morgan fingerprint density at radius 2 is 2.42 bits per heavy atom. The molecular weight excluding hydrogens is 248 g/mol. The Morgan fingerprint density at radius 3 is 3.11 bits per heavy atom. The minimum Gasteiger partial charge on any atom is -0.465 e. The number of esters is 1. The number of carbonyl (C=O) groups is 1. The summed E-state index contributed by atoms with van der Waals surface area (Å²) < 4.78 is 10.3. The number of aryl methyl sites for hydroxylation is 1. The van der Waals surface area contributed by atoms with Crippen molar-refractivity contribution in [2.45, 2.75) is 32.9 Å². The highest BCUT2D eigenvalue weighted by atomic mass is 16.5. The van der Waals surface area contributed by atoms with Gasteiger partial charge in [-0.1, -0.05) is 12.1 Å². The van der Waals surface area contributed by atoms with E-state index in [0.29, 0.717) is 31.4 Å². The molecule has 1 aliphatic heterocycles. The van der Waals surface area contributed by atoms with Gasteiger partial charge in [0.25, 0.3) is 0 Å². The number of rotatable bonds is 5. The highest BCUT2D eigenvalue weighted by Crippen LogP contribution is 2.10. The second-order valence-corrected chi connectivity index (χ2v) is 4.40. The van der Waals surface area contributed by atoms with Crippen LogP contribution in [0.25, 0.3) is 0 Å². The third-order valence-electron chi connectivity index (χ3n) is 3.08. The monoisotopic (exact) mass is 268 g/mol. The normalized spacial score (nSPS) is 20.4. The third-order valence-corrected chi connectivity index (χ3v) is 3.08. The highest BCUT2D eigenvalue weighted by molar-refractivity contribution is 5.76. The van der Waals surface area contributed by atoms with Gasteiger partial charge in [-0.25, -0.2) is 0 Å². The fourth-order valence-electron chi connectivity index (χ4n) is 2.08. The largest absolute Gasteiger partial charge is 0.465 e. The Labute approximate surface area is 112 Å². The summed E-state index contributed by atoms with van der Waals surface area (Å²) in [6.45, 7) is 6.85. The lowest BCUT2D eigenvalue weighted by Crippen LogP contribution is -2.54. The van der Waals surface area contributed by atoms with Crippen molar-refractivity contribution in [2.24, 2.45) is 0 Å². The van der Waals surface area contributed by atoms with E-state index < -0.39 is 0 Å². The molecule has 2 heterocycles. The molecule has 1 aromatic heterocycles. The fourth-order valence-corrected chi connectivity index (χ4v) is 2.08. The fraction of sp³-hybridized carbons (Fsp3) is 0.750. The van der Waals surface area contributed by atoms with Crippen LogP contribution in [0.15, 0.2) is 4.52 Å². The molecule has 1 unspecified atom stereocenters. The lowest BCUT2D eigenvalue weighted by Gasteiger charge is -2.33. The zero-order valence-corrected chi connectivity index (χ0v) is 11.4. The van der Waals surface area contributed by atoms with E-state index in [1.165, 1.54) is 0 Å². The van der Waals surface area contributed by atoms with Crippen LogP contribution >= 0.6 is 0 Å². The zero-order chi connectivity index (χ0) is 13.7. The summed E-state index contributed by atoms with van der Waals surface area (Å²) in [6.07, 6.45) is 0.742. The number of aromatic nitrogens is 2. The summed E-state index contributed by atoms with van der Waals surface area (Å²) in [6, 6.07) is -0.286. The van der Waals surface area contributed by atoms with Gasteiger partial charge in [0.1, 0.15) is 6.04 Å². The highest BCUT2D eigenvalue weighted by Gasteiger charge is 2.30. The standard InChI is InChI=1S/C12H20N4O3/c1-3-10-14-11(19-15-10)8-16-6-5-13-7-9(16)12(17)18-4-2/h9,13H,3-8H2,1-2H3. The quantitative estimate of drug-likeness (QED) is 0.751. The average Bonchev–Trinajstić information content (AvgIpc) is 2.87. The maximum Gasteiger partial charge on any atom is 0.324 e. The van der Waals surface area contributed by atoms with Crippen molar-refractivity contribution in [3.05, 3.63) is 11.7 Å². The lowest BCUT2D eigenvalue weighted by atomic mass is 10.2. The first-order chi connectivity index (χ1) is 9.24. The molecule has 0 spiro atoms. The Kier molecular flexibility index (Phi) is 4.86. The van der Waals surface area contributed by atoms with Gasteiger partial charge in [0.05, 0.1) is 13.2 Å². The molecule has 2 rings (SSSR count). The maximum absolute atomic E-state index is 11.9. The zero-order valence-electron chi connectivity index (χ0n) is 11.4. The number of nitrogens with one attached hydrogen (secondary N) is 1. The molecule has 1 aliphatic rings. The predicted octanol–water partition coefficient (Wildman–Crippen LogP) is -0.0311. The maximum atomic E-state index is 11.9. The van der Waals surface area contributed by atoms with Crippen molar-refractivity contribution in [2.75, 3.05) is 26.2 Å². The molecular formula is C12H20N4O3. The topological polar surface area (TPSA) is 80.5 Å². The summed E-state index contributed by atoms with van der Waals surface area (Å²) in [5, 5.41) is 7.06. The van der Waals surface area contributed by atoms with Crippen LogP contribution in [0.2, 0.25) is 0 Å². The molecule has 0 bridgehead atoms. The molecule has 1 aromatic rings. The van der Waals surface area contributed by atoms with E-state index in [1.54, 1.807) is 0 Å². The van der Waals surface area contributed by atoms with Crippen LogP contribution in [0.1, 0.15) is 25.6 Å². The molecule has 0 saturated carbocycles. The summed E-state index contributed by atoms with van der Waals surface area (Å²) in [4.78, 5) is 18.2. The first kappa shape index (κ1) is 14.0. The molecule has 0 aliphatic carbocycles. The summed E-state index contributed by atoms with van der Waals surface area (Å²) in [5.74, 6) is 1.04. The molecule has 0 radical (unpaired) electrons. The Bertz CT molecular complexity index is 421. The number of carbonyl (C=O) groups excluding carboxylic acids is 1. The van der Waals surface area contributed by atoms with Gasteiger partial charge in [-0.15, -0.1) is 0 Å².